The molecule has 0 fully saturated rings. The maximum atomic E-state index is 12.0. The van der Waals surface area contributed by atoms with E-state index in [2.05, 4.69) is 15.3 Å². The molecule has 3 aromatic rings. The van der Waals surface area contributed by atoms with Crippen LogP contribution in [0.4, 0.5) is 5.82 Å². The van der Waals surface area contributed by atoms with Gasteiger partial charge in [0.25, 0.3) is 5.91 Å². The van der Waals surface area contributed by atoms with E-state index in [1.807, 2.05) is 59.2 Å². The van der Waals surface area contributed by atoms with Crippen molar-refractivity contribution in [1.82, 2.24) is 9.55 Å². The molecule has 1 unspecified atom stereocenters. The Morgan fingerprint density at radius 2 is 1.88 bits per heavy atom. The van der Waals surface area contributed by atoms with E-state index in [1.54, 1.807) is 13.4 Å². The van der Waals surface area contributed by atoms with Gasteiger partial charge in [-0.15, -0.1) is 0 Å². The number of hydrogen-bond acceptors (Lipinski definition) is 5. The quantitative estimate of drug-likeness (QED) is 0.757. The van der Waals surface area contributed by atoms with E-state index in [4.69, 9.17) is 10.5 Å². The highest BCUT2D eigenvalue weighted by atomic mass is 16.5. The minimum absolute atomic E-state index is 0.154. The second kappa shape index (κ2) is 6.36. The van der Waals surface area contributed by atoms with Gasteiger partial charge in [0.1, 0.15) is 29.8 Å². The number of anilines is 1. The molecular weight excluding hydrogens is 330 g/mol. The second-order valence-corrected chi connectivity index (χ2v) is 5.78. The van der Waals surface area contributed by atoms with Crippen LogP contribution < -0.4 is 15.8 Å². The predicted octanol–water partition coefficient (Wildman–Crippen LogP) is 2.28. The maximum absolute atomic E-state index is 12.0. The van der Waals surface area contributed by atoms with Crippen molar-refractivity contribution in [3.05, 3.63) is 72.2 Å². The van der Waals surface area contributed by atoms with Gasteiger partial charge in [-0.1, -0.05) is 42.5 Å². The first-order valence-corrected chi connectivity index (χ1v) is 8.09. The molecule has 1 aliphatic heterocycles. The van der Waals surface area contributed by atoms with Crippen LogP contribution in [0.3, 0.4) is 0 Å². The summed E-state index contributed by atoms with van der Waals surface area (Å²) in [5.74, 6) is 0.722. The molecule has 1 aromatic heterocycles. The van der Waals surface area contributed by atoms with Crippen LogP contribution in [0, 0.1) is 0 Å². The highest BCUT2D eigenvalue weighted by molar-refractivity contribution is 6.45. The number of hydrogen-bond donors (Lipinski definition) is 2. The number of nitrogens with one attached hydrogen (secondary N) is 1. The van der Waals surface area contributed by atoms with Crippen LogP contribution in [-0.2, 0) is 4.79 Å². The zero-order valence-electron chi connectivity index (χ0n) is 14.1. The predicted molar refractivity (Wildman–Crippen MR) is 98.7 cm³/mol. The molecule has 130 valence electrons. The van der Waals surface area contributed by atoms with Gasteiger partial charge in [-0.2, -0.15) is 0 Å². The Balaban J connectivity index is 1.86. The number of nitrogens with zero attached hydrogens (tertiary/aromatic N) is 3. The van der Waals surface area contributed by atoms with Gasteiger partial charge >= 0.3 is 0 Å². The number of para-hydroxylation sites is 2. The van der Waals surface area contributed by atoms with E-state index in [9.17, 15) is 4.79 Å². The topological polar surface area (TPSA) is 94.5 Å². The second-order valence-electron chi connectivity index (χ2n) is 5.78. The van der Waals surface area contributed by atoms with E-state index in [0.717, 1.165) is 11.3 Å². The first-order chi connectivity index (χ1) is 12.7. The van der Waals surface area contributed by atoms with Crippen LogP contribution in [0.2, 0.25) is 0 Å². The first-order valence-electron chi connectivity index (χ1n) is 8.09. The van der Waals surface area contributed by atoms with Gasteiger partial charge in [-0.05, 0) is 17.7 Å². The minimum atomic E-state index is -0.612. The fraction of sp³-hybridized carbons (Fsp3) is 0.105. The first kappa shape index (κ1) is 15.9. The summed E-state index contributed by atoms with van der Waals surface area (Å²) in [6.45, 7) is 0. The normalized spacial score (nSPS) is 15.6. The summed E-state index contributed by atoms with van der Waals surface area (Å²) in [6, 6.07) is 17.2. The zero-order chi connectivity index (χ0) is 18.1. The third-order valence-electron chi connectivity index (χ3n) is 4.22. The molecule has 1 atom stereocenters. The van der Waals surface area contributed by atoms with Crippen molar-refractivity contribution in [2.75, 3.05) is 12.4 Å². The van der Waals surface area contributed by atoms with E-state index in [-0.39, 0.29) is 5.71 Å². The molecule has 0 saturated heterocycles. The Morgan fingerprint density at radius 3 is 2.62 bits per heavy atom. The number of carbonyl (C=O) groups excluding carboxylic acids is 1. The highest BCUT2D eigenvalue weighted by Gasteiger charge is 2.29. The lowest BCUT2D eigenvalue weighted by molar-refractivity contribution is -0.112. The molecule has 0 aliphatic carbocycles. The number of fused-ring (bicyclic) bond motifs is 1. The van der Waals surface area contributed by atoms with E-state index >= 15 is 0 Å². The highest BCUT2D eigenvalue weighted by Crippen LogP contribution is 2.33. The molecule has 1 amide bonds. The summed E-state index contributed by atoms with van der Waals surface area (Å²) in [5, 5.41) is 3.35. The molecule has 2 heterocycles. The number of aromatic nitrogens is 2. The summed E-state index contributed by atoms with van der Waals surface area (Å²) in [4.78, 5) is 20.8. The smallest absolute Gasteiger partial charge is 0.269 e. The summed E-state index contributed by atoms with van der Waals surface area (Å²) in [7, 11) is 1.61. The number of methoxy groups -OCH3 is 1. The molecule has 0 bridgehead atoms. The fourth-order valence-corrected chi connectivity index (χ4v) is 3.00. The molecule has 7 heteroatoms. The number of benzene rings is 2. The molecule has 7 nitrogen and oxygen atoms in total. The van der Waals surface area contributed by atoms with Crippen LogP contribution in [0.1, 0.15) is 17.4 Å². The summed E-state index contributed by atoms with van der Waals surface area (Å²) in [6.07, 6.45) is 1.19. The lowest BCUT2D eigenvalue weighted by Crippen LogP contribution is -2.31. The van der Waals surface area contributed by atoms with Crippen LogP contribution in [-0.4, -0.2) is 28.3 Å². The number of imidazole rings is 1. The van der Waals surface area contributed by atoms with Gasteiger partial charge in [0, 0.05) is 0 Å². The summed E-state index contributed by atoms with van der Waals surface area (Å²) < 4.78 is 7.28. The number of primary amides is 1. The van der Waals surface area contributed by atoms with Crippen molar-refractivity contribution in [1.29, 1.82) is 0 Å². The third-order valence-corrected chi connectivity index (χ3v) is 4.22. The number of carbonyl (C=O) groups is 1. The number of rotatable bonds is 4. The van der Waals surface area contributed by atoms with Crippen molar-refractivity contribution in [3.8, 4) is 11.4 Å². The Bertz CT molecular complexity index is 994. The number of amides is 1. The molecule has 3 N–H and O–H groups in total. The summed E-state index contributed by atoms with van der Waals surface area (Å²) >= 11 is 0. The van der Waals surface area contributed by atoms with Crippen molar-refractivity contribution >= 4 is 17.4 Å². The van der Waals surface area contributed by atoms with Gasteiger partial charge in [0.2, 0.25) is 0 Å². The Labute approximate surface area is 150 Å². The minimum Gasteiger partial charge on any atom is -0.495 e. The largest absolute Gasteiger partial charge is 0.495 e. The number of ether oxygens (including phenoxy) is 1. The molecular formula is C19H17N5O2. The number of nitrogens with two attached hydrogens (primary N) is 1. The maximum Gasteiger partial charge on any atom is 0.269 e. The van der Waals surface area contributed by atoms with Crippen LogP contribution in [0.25, 0.3) is 5.69 Å². The SMILES string of the molecule is COc1ccccc1-n1cnc2c1NC(c1ccccc1)N=C2C(N)=O. The fourth-order valence-electron chi connectivity index (χ4n) is 3.00. The summed E-state index contributed by atoms with van der Waals surface area (Å²) in [5.41, 5.74) is 7.86. The van der Waals surface area contributed by atoms with Crippen LogP contribution in [0.15, 0.2) is 65.9 Å². The van der Waals surface area contributed by atoms with Crippen molar-refractivity contribution in [2.24, 2.45) is 10.7 Å². The van der Waals surface area contributed by atoms with Crippen molar-refractivity contribution in [3.63, 3.8) is 0 Å². The Hall–Kier alpha value is -3.61. The Kier molecular flexibility index (Phi) is 3.89. The average Bonchev–Trinajstić information content (AvgIpc) is 3.11. The molecule has 26 heavy (non-hydrogen) atoms. The Morgan fingerprint density at radius 1 is 1.15 bits per heavy atom. The van der Waals surface area contributed by atoms with E-state index in [0.29, 0.717) is 17.3 Å². The molecule has 1 aliphatic rings. The average molecular weight is 347 g/mol. The van der Waals surface area contributed by atoms with E-state index < -0.39 is 12.1 Å². The van der Waals surface area contributed by atoms with Crippen LogP contribution >= 0.6 is 0 Å². The lowest BCUT2D eigenvalue weighted by Gasteiger charge is -2.24. The van der Waals surface area contributed by atoms with Crippen molar-refractivity contribution in [2.45, 2.75) is 6.17 Å². The zero-order valence-corrected chi connectivity index (χ0v) is 14.1. The molecule has 0 radical (unpaired) electrons. The van der Waals surface area contributed by atoms with Gasteiger partial charge in [0.05, 0.1) is 12.8 Å². The number of aliphatic imine (C=N–C) groups is 1. The standard InChI is InChI=1S/C19H17N5O2/c1-26-14-10-6-5-9-13(14)24-11-21-16-15(17(20)25)22-18(23-19(16)24)12-7-3-2-4-8-12/h2-11,18,23H,1H3,(H2,20,25). The third kappa shape index (κ3) is 2.59. The monoisotopic (exact) mass is 347 g/mol. The van der Waals surface area contributed by atoms with Gasteiger partial charge in [0.15, 0.2) is 5.71 Å². The molecule has 2 aromatic carbocycles. The van der Waals surface area contributed by atoms with E-state index in [1.165, 1.54) is 0 Å². The van der Waals surface area contributed by atoms with Gasteiger partial charge in [-0.3, -0.25) is 9.36 Å². The molecule has 0 saturated carbocycles. The molecule has 4 rings (SSSR count). The lowest BCUT2D eigenvalue weighted by atomic mass is 10.1. The van der Waals surface area contributed by atoms with Gasteiger partial charge in [-0.25, -0.2) is 9.98 Å². The van der Waals surface area contributed by atoms with Gasteiger partial charge < -0.3 is 15.8 Å². The van der Waals surface area contributed by atoms with Crippen LogP contribution in [0.5, 0.6) is 5.75 Å². The van der Waals surface area contributed by atoms with Crippen molar-refractivity contribution < 1.29 is 9.53 Å². The molecule has 0 spiro atoms.